The number of hydrogen-bond acceptors (Lipinski definition) is 5. The summed E-state index contributed by atoms with van der Waals surface area (Å²) in [4.78, 5) is 0. The number of halogens is 1. The van der Waals surface area contributed by atoms with Gasteiger partial charge in [0.15, 0.2) is 6.20 Å². The van der Waals surface area contributed by atoms with Crippen molar-refractivity contribution in [1.82, 2.24) is 0 Å². The summed E-state index contributed by atoms with van der Waals surface area (Å²) in [5.74, 6) is 0. The lowest BCUT2D eigenvalue weighted by atomic mass is 10.8. The average molecular weight is 186 g/mol. The summed E-state index contributed by atoms with van der Waals surface area (Å²) in [6.07, 6.45) is 1.89. The minimum Gasteiger partial charge on any atom is -0.222 e. The van der Waals surface area contributed by atoms with Crippen molar-refractivity contribution >= 4 is 11.5 Å². The number of nitrogens with one attached hydrogen (secondary N) is 1. The highest BCUT2D eigenvalue weighted by molar-refractivity contribution is 6.99. The van der Waals surface area contributed by atoms with E-state index in [1.807, 2.05) is 17.6 Å². The van der Waals surface area contributed by atoms with Crippen molar-refractivity contribution < 1.29 is 33.3 Å². The minimum atomic E-state index is -4.94. The van der Waals surface area contributed by atoms with E-state index in [4.69, 9.17) is 18.6 Å². The first-order valence-electron chi connectivity index (χ1n) is 2.01. The highest BCUT2D eigenvalue weighted by Gasteiger charge is 1.84. The van der Waals surface area contributed by atoms with E-state index in [9.17, 15) is 0 Å². The van der Waals surface area contributed by atoms with Crippen LogP contribution in [0.5, 0.6) is 0 Å². The molecule has 0 aliphatic rings. The van der Waals surface area contributed by atoms with E-state index in [1.165, 1.54) is 0 Å². The molecule has 1 aromatic rings. The van der Waals surface area contributed by atoms with E-state index in [0.717, 1.165) is 0 Å². The normalized spacial score (nSPS) is 10.0. The molecule has 1 aromatic heterocycles. The van der Waals surface area contributed by atoms with Gasteiger partial charge in [-0.3, -0.25) is 0 Å². The maximum absolute atomic E-state index is 8.49. The van der Waals surface area contributed by atoms with Gasteiger partial charge in [0.1, 0.15) is 11.5 Å². The third-order valence-corrected chi connectivity index (χ3v) is 0.944. The van der Waals surface area contributed by atoms with E-state index in [1.54, 1.807) is 11.5 Å². The van der Waals surface area contributed by atoms with Crippen LogP contribution in [0, 0.1) is 10.2 Å². The fraction of sp³-hybridized carbons (Fsp3) is 0. The molecule has 0 amide bonds. The lowest BCUT2D eigenvalue weighted by Gasteiger charge is -2.17. The Hall–Kier alpha value is -0.240. The van der Waals surface area contributed by atoms with E-state index in [2.05, 4.69) is 4.37 Å². The number of aromatic amines is 1. The molecule has 0 unspecified atom stereocenters. The standard InChI is InChI=1S/C3H3NS.ClHO4/c1-2-4-5-3-1;2-1(3,4)5/h1-3H;(H,2,3,4,5). The minimum absolute atomic E-state index is 1.59. The quantitative estimate of drug-likeness (QED) is 0.409. The largest absolute Gasteiger partial charge is 0.222 e. The lowest BCUT2D eigenvalue weighted by molar-refractivity contribution is -2.00. The Morgan fingerprint density at radius 2 is 1.70 bits per heavy atom. The van der Waals surface area contributed by atoms with Gasteiger partial charge in [-0.15, -0.1) is 10.2 Å². The maximum atomic E-state index is 8.49. The molecule has 58 valence electrons. The number of rotatable bonds is 0. The zero-order valence-corrected chi connectivity index (χ0v) is 6.22. The van der Waals surface area contributed by atoms with Crippen molar-refractivity contribution in [3.63, 3.8) is 0 Å². The Bertz CT molecular complexity index is 127. The van der Waals surface area contributed by atoms with Crippen LogP contribution in [0.25, 0.3) is 0 Å². The second-order valence-electron chi connectivity index (χ2n) is 1.11. The van der Waals surface area contributed by atoms with Crippen molar-refractivity contribution in [3.05, 3.63) is 17.6 Å². The van der Waals surface area contributed by atoms with Crippen LogP contribution in [-0.2, 0) is 0 Å². The van der Waals surface area contributed by atoms with Gasteiger partial charge < -0.3 is 0 Å². The van der Waals surface area contributed by atoms with E-state index < -0.39 is 10.2 Å². The number of aromatic nitrogens is 1. The third kappa shape index (κ3) is 15.7. The van der Waals surface area contributed by atoms with Gasteiger partial charge in [0.05, 0.1) is 5.38 Å². The van der Waals surface area contributed by atoms with Crippen LogP contribution < -0.4 is 23.0 Å². The summed E-state index contributed by atoms with van der Waals surface area (Å²) in [5, 5.41) is 1.99. The van der Waals surface area contributed by atoms with Crippen LogP contribution >= 0.6 is 11.5 Å². The summed E-state index contributed by atoms with van der Waals surface area (Å²) in [7, 11) is -4.94. The van der Waals surface area contributed by atoms with Gasteiger partial charge in [-0.05, 0) is 0 Å². The number of hydrogen-bond donors (Lipinski definition) is 0. The Kier molecular flexibility index (Phi) is 4.45. The molecule has 0 saturated carbocycles. The third-order valence-electron chi connectivity index (χ3n) is 0.379. The van der Waals surface area contributed by atoms with Crippen LogP contribution in [0.1, 0.15) is 0 Å². The van der Waals surface area contributed by atoms with Crippen molar-refractivity contribution in [1.29, 1.82) is 0 Å². The predicted octanol–water partition coefficient (Wildman–Crippen LogP) is -4.19. The highest BCUT2D eigenvalue weighted by Crippen LogP contribution is 1.76. The molecule has 0 spiro atoms. The van der Waals surface area contributed by atoms with E-state index in [0.29, 0.717) is 0 Å². The second-order valence-corrected chi connectivity index (χ2v) is 2.61. The summed E-state index contributed by atoms with van der Waals surface area (Å²) in [5.41, 5.74) is 0. The van der Waals surface area contributed by atoms with Gasteiger partial charge in [0, 0.05) is 6.07 Å². The molecule has 7 heteroatoms. The monoisotopic (exact) mass is 185 g/mol. The highest BCUT2D eigenvalue weighted by atomic mass is 35.7. The van der Waals surface area contributed by atoms with E-state index in [-0.39, 0.29) is 0 Å². The molecule has 1 heterocycles. The van der Waals surface area contributed by atoms with E-state index >= 15 is 0 Å². The van der Waals surface area contributed by atoms with Crippen molar-refractivity contribution in [3.8, 4) is 0 Å². The summed E-state index contributed by atoms with van der Waals surface area (Å²) in [6.45, 7) is 0. The molecule has 1 N–H and O–H groups in total. The van der Waals surface area contributed by atoms with Crippen LogP contribution in [0.2, 0.25) is 0 Å². The molecule has 1 rings (SSSR count). The van der Waals surface area contributed by atoms with Crippen LogP contribution in [0.3, 0.4) is 0 Å². The van der Waals surface area contributed by atoms with Gasteiger partial charge in [-0.1, -0.05) is 0 Å². The Labute approximate surface area is 63.1 Å². The fourth-order valence-corrected chi connectivity index (χ4v) is 0.589. The second kappa shape index (κ2) is 4.56. The van der Waals surface area contributed by atoms with Crippen LogP contribution in [0.15, 0.2) is 17.6 Å². The van der Waals surface area contributed by atoms with Gasteiger partial charge in [-0.2, -0.15) is 4.37 Å². The maximum Gasteiger partial charge on any atom is 0.181 e. The molecular formula is C3H4ClNO4S. The van der Waals surface area contributed by atoms with Gasteiger partial charge >= 0.3 is 0 Å². The fourth-order valence-electron chi connectivity index (χ4n) is 0.196. The molecule has 0 aliphatic heterocycles. The van der Waals surface area contributed by atoms with Crippen molar-refractivity contribution in [2.75, 3.05) is 0 Å². The Morgan fingerprint density at radius 3 is 1.80 bits per heavy atom. The molecule has 0 fully saturated rings. The molecule has 0 bridgehead atoms. The average Bonchev–Trinajstić information content (AvgIpc) is 2.07. The molecule has 0 aliphatic carbocycles. The predicted molar refractivity (Wildman–Crippen MR) is 20.9 cm³/mol. The summed E-state index contributed by atoms with van der Waals surface area (Å²) >= 11 is 1.59. The molecule has 5 nitrogen and oxygen atoms in total. The van der Waals surface area contributed by atoms with Gasteiger partial charge in [0.2, 0.25) is 0 Å². The molecule has 0 atom stereocenters. The van der Waals surface area contributed by atoms with Crippen molar-refractivity contribution in [2.45, 2.75) is 0 Å². The lowest BCUT2D eigenvalue weighted by Crippen LogP contribution is -2.68. The first kappa shape index (κ1) is 9.76. The van der Waals surface area contributed by atoms with Gasteiger partial charge in [-0.25, -0.2) is 18.6 Å². The summed E-state index contributed by atoms with van der Waals surface area (Å²) in [6, 6.07) is 1.96. The molecule has 0 aromatic carbocycles. The van der Waals surface area contributed by atoms with Crippen LogP contribution in [0.4, 0.5) is 0 Å². The number of H-pyrrole nitrogens is 1. The zero-order valence-electron chi connectivity index (χ0n) is 4.65. The van der Waals surface area contributed by atoms with Crippen LogP contribution in [-0.4, -0.2) is 0 Å². The first-order chi connectivity index (χ1) is 4.50. The SMILES string of the molecule is [O-][Cl+3]([O-])([O-])[O-].c1c[nH+]sc1. The Morgan fingerprint density at radius 1 is 1.20 bits per heavy atom. The summed E-state index contributed by atoms with van der Waals surface area (Å²) < 4.78 is 36.9. The Balaban J connectivity index is 0.000000162. The van der Waals surface area contributed by atoms with Gasteiger partial charge in [0.25, 0.3) is 0 Å². The topological polar surface area (TPSA) is 106 Å². The molecular weight excluding hydrogens is 182 g/mol. The molecule has 0 saturated heterocycles. The smallest absolute Gasteiger partial charge is 0.181 e. The molecule has 0 radical (unpaired) electrons. The van der Waals surface area contributed by atoms with Crippen molar-refractivity contribution in [2.24, 2.45) is 0 Å². The zero-order chi connectivity index (χ0) is 8.04. The first-order valence-corrected chi connectivity index (χ1v) is 4.13. The molecule has 10 heavy (non-hydrogen) atoms.